The predicted molar refractivity (Wildman–Crippen MR) is 82.4 cm³/mol. The van der Waals surface area contributed by atoms with Crippen molar-refractivity contribution in [2.45, 2.75) is 32.4 Å². The molecule has 110 valence electrons. The predicted octanol–water partition coefficient (Wildman–Crippen LogP) is 1.83. The highest BCUT2D eigenvalue weighted by Gasteiger charge is 2.33. The Hall–Kier alpha value is -1.35. The van der Waals surface area contributed by atoms with Gasteiger partial charge in [0, 0.05) is 30.0 Å². The molecule has 4 nitrogen and oxygen atoms in total. The molecule has 1 aromatic heterocycles. The molecule has 5 heteroatoms. The normalized spacial score (nSPS) is 13.2. The van der Waals surface area contributed by atoms with Gasteiger partial charge in [0.05, 0.1) is 13.1 Å². The Morgan fingerprint density at radius 3 is 2.85 bits per heavy atom. The van der Waals surface area contributed by atoms with Gasteiger partial charge in [0.1, 0.15) is 5.60 Å². The second-order valence-corrected chi connectivity index (χ2v) is 5.75. The maximum absolute atomic E-state index is 12.4. The first-order valence-corrected chi connectivity index (χ1v) is 7.42. The average molecular weight is 294 g/mol. The molecule has 0 radical (unpaired) electrons. The minimum atomic E-state index is -0.756. The Morgan fingerprint density at radius 2 is 2.30 bits per heavy atom. The van der Waals surface area contributed by atoms with Crippen molar-refractivity contribution in [2.24, 2.45) is 5.73 Å². The van der Waals surface area contributed by atoms with Crippen LogP contribution in [-0.4, -0.2) is 37.1 Å². The van der Waals surface area contributed by atoms with Crippen molar-refractivity contribution in [3.8, 4) is 11.8 Å². The summed E-state index contributed by atoms with van der Waals surface area (Å²) < 4.78 is 5.34. The zero-order chi connectivity index (χ0) is 15.2. The monoisotopic (exact) mass is 294 g/mol. The summed E-state index contributed by atoms with van der Waals surface area (Å²) in [4.78, 5) is 15.2. The third-order valence-corrected chi connectivity index (χ3v) is 4.23. The maximum Gasteiger partial charge on any atom is 0.254 e. The van der Waals surface area contributed by atoms with E-state index in [1.807, 2.05) is 25.3 Å². The number of nitrogens with zero attached hydrogens (tertiary/aromatic N) is 1. The van der Waals surface area contributed by atoms with Crippen LogP contribution in [0.15, 0.2) is 11.4 Å². The van der Waals surface area contributed by atoms with Crippen molar-refractivity contribution in [2.75, 3.05) is 20.7 Å². The lowest BCUT2D eigenvalue weighted by atomic mass is 10.0. The van der Waals surface area contributed by atoms with Crippen molar-refractivity contribution in [1.29, 1.82) is 0 Å². The summed E-state index contributed by atoms with van der Waals surface area (Å²) >= 11 is 1.59. The van der Waals surface area contributed by atoms with Crippen LogP contribution in [0, 0.1) is 11.8 Å². The lowest BCUT2D eigenvalue weighted by Crippen LogP contribution is -2.46. The molecule has 2 N–H and O–H groups in total. The number of hydrogen-bond donors (Lipinski definition) is 1. The molecule has 0 aliphatic carbocycles. The van der Waals surface area contributed by atoms with E-state index in [0.717, 1.165) is 10.4 Å². The molecular formula is C15H22N2O2S. The molecule has 0 fully saturated rings. The second-order valence-electron chi connectivity index (χ2n) is 4.76. The van der Waals surface area contributed by atoms with E-state index in [-0.39, 0.29) is 5.91 Å². The average Bonchev–Trinajstić information content (AvgIpc) is 2.90. The topological polar surface area (TPSA) is 55.6 Å². The molecule has 1 amide bonds. The summed E-state index contributed by atoms with van der Waals surface area (Å²) in [6.45, 7) is 4.68. The zero-order valence-electron chi connectivity index (χ0n) is 12.5. The van der Waals surface area contributed by atoms with Crippen molar-refractivity contribution in [3.63, 3.8) is 0 Å². The first-order valence-electron chi connectivity index (χ1n) is 6.54. The highest BCUT2D eigenvalue weighted by Crippen LogP contribution is 2.20. The third-order valence-electron chi connectivity index (χ3n) is 3.31. The molecule has 20 heavy (non-hydrogen) atoms. The Bertz CT molecular complexity index is 509. The van der Waals surface area contributed by atoms with Crippen molar-refractivity contribution >= 4 is 17.2 Å². The molecule has 1 aromatic rings. The standard InChI is InChI=1S/C15H22N2O2S/c1-5-15(2,19-4)14(18)17(3)10-13-9-12(11-20-13)7-6-8-16/h9,11H,5,8,10,16H2,1-4H3. The van der Waals surface area contributed by atoms with Crippen LogP contribution < -0.4 is 5.73 Å². The number of amides is 1. The number of carbonyl (C=O) groups excluding carboxylic acids is 1. The molecule has 0 spiro atoms. The number of hydrogen-bond acceptors (Lipinski definition) is 4. The van der Waals surface area contributed by atoms with Crippen LogP contribution in [0.5, 0.6) is 0 Å². The van der Waals surface area contributed by atoms with Gasteiger partial charge in [-0.3, -0.25) is 4.79 Å². The first-order chi connectivity index (χ1) is 9.46. The van der Waals surface area contributed by atoms with E-state index in [9.17, 15) is 4.79 Å². The molecule has 1 atom stereocenters. The van der Waals surface area contributed by atoms with E-state index >= 15 is 0 Å². The van der Waals surface area contributed by atoms with Gasteiger partial charge in [-0.15, -0.1) is 11.3 Å². The quantitative estimate of drug-likeness (QED) is 0.843. The van der Waals surface area contributed by atoms with Crippen LogP contribution in [0.2, 0.25) is 0 Å². The largest absolute Gasteiger partial charge is 0.369 e. The molecule has 1 unspecified atom stereocenters. The fourth-order valence-electron chi connectivity index (χ4n) is 1.77. The smallest absolute Gasteiger partial charge is 0.254 e. The molecule has 0 saturated heterocycles. The lowest BCUT2D eigenvalue weighted by Gasteiger charge is -2.30. The highest BCUT2D eigenvalue weighted by molar-refractivity contribution is 7.10. The fourth-order valence-corrected chi connectivity index (χ4v) is 2.64. The summed E-state index contributed by atoms with van der Waals surface area (Å²) in [5, 5.41) is 1.98. The number of thiophene rings is 1. The first kappa shape index (κ1) is 16.7. The zero-order valence-corrected chi connectivity index (χ0v) is 13.3. The molecule has 0 saturated carbocycles. The van der Waals surface area contributed by atoms with E-state index in [4.69, 9.17) is 10.5 Å². The summed E-state index contributed by atoms with van der Waals surface area (Å²) in [7, 11) is 3.36. The van der Waals surface area contributed by atoms with E-state index < -0.39 is 5.60 Å². The number of likely N-dealkylation sites (N-methyl/N-ethyl adjacent to an activating group) is 1. The van der Waals surface area contributed by atoms with Gasteiger partial charge in [0.2, 0.25) is 0 Å². The van der Waals surface area contributed by atoms with Gasteiger partial charge in [-0.05, 0) is 19.4 Å². The summed E-state index contributed by atoms with van der Waals surface area (Å²) in [6.07, 6.45) is 0.643. The van der Waals surface area contributed by atoms with Crippen molar-refractivity contribution < 1.29 is 9.53 Å². The van der Waals surface area contributed by atoms with Crippen molar-refractivity contribution in [3.05, 3.63) is 21.9 Å². The maximum atomic E-state index is 12.4. The summed E-state index contributed by atoms with van der Waals surface area (Å²) in [6, 6.07) is 1.99. The van der Waals surface area contributed by atoms with Gasteiger partial charge in [0.25, 0.3) is 5.91 Å². The van der Waals surface area contributed by atoms with E-state index in [0.29, 0.717) is 19.5 Å². The second kappa shape index (κ2) is 7.44. The minimum absolute atomic E-state index is 0.00880. The lowest BCUT2D eigenvalue weighted by molar-refractivity contribution is -0.152. The SMILES string of the molecule is CCC(C)(OC)C(=O)N(C)Cc1cc(C#CCN)cs1. The molecule has 0 aromatic carbocycles. The number of methoxy groups -OCH3 is 1. The highest BCUT2D eigenvalue weighted by atomic mass is 32.1. The van der Waals surface area contributed by atoms with Crippen molar-refractivity contribution in [1.82, 2.24) is 4.90 Å². The van der Waals surface area contributed by atoms with Gasteiger partial charge >= 0.3 is 0 Å². The van der Waals surface area contributed by atoms with E-state index in [2.05, 4.69) is 11.8 Å². The van der Waals surface area contributed by atoms with Gasteiger partial charge in [-0.1, -0.05) is 18.8 Å². The summed E-state index contributed by atoms with van der Waals surface area (Å²) in [5.41, 5.74) is 5.53. The molecule has 1 heterocycles. The van der Waals surface area contributed by atoms with Crippen LogP contribution in [0.1, 0.15) is 30.7 Å². The number of carbonyl (C=O) groups is 1. The Kier molecular flexibility index (Phi) is 6.21. The Balaban J connectivity index is 2.73. The minimum Gasteiger partial charge on any atom is -0.369 e. The Morgan fingerprint density at radius 1 is 1.60 bits per heavy atom. The van der Waals surface area contributed by atoms with E-state index in [1.54, 1.807) is 30.4 Å². The molecule has 1 rings (SSSR count). The number of ether oxygens (including phenoxy) is 1. The van der Waals surface area contributed by atoms with Crippen LogP contribution in [-0.2, 0) is 16.1 Å². The molecular weight excluding hydrogens is 272 g/mol. The van der Waals surface area contributed by atoms with Gasteiger partial charge < -0.3 is 15.4 Å². The van der Waals surface area contributed by atoms with Crippen LogP contribution in [0.3, 0.4) is 0 Å². The Labute approximate surface area is 124 Å². The van der Waals surface area contributed by atoms with Crippen LogP contribution in [0.25, 0.3) is 0 Å². The number of rotatable bonds is 5. The van der Waals surface area contributed by atoms with Crippen LogP contribution in [0.4, 0.5) is 0 Å². The summed E-state index contributed by atoms with van der Waals surface area (Å²) in [5.74, 6) is 5.80. The number of nitrogens with two attached hydrogens (primary N) is 1. The fraction of sp³-hybridized carbons (Fsp3) is 0.533. The van der Waals surface area contributed by atoms with Crippen LogP contribution >= 0.6 is 11.3 Å². The third kappa shape index (κ3) is 4.07. The van der Waals surface area contributed by atoms with Gasteiger partial charge in [0.15, 0.2) is 0 Å². The molecule has 0 aliphatic rings. The van der Waals surface area contributed by atoms with E-state index in [1.165, 1.54) is 0 Å². The van der Waals surface area contributed by atoms with Gasteiger partial charge in [-0.2, -0.15) is 0 Å². The van der Waals surface area contributed by atoms with Gasteiger partial charge in [-0.25, -0.2) is 0 Å². The molecule has 0 aliphatic heterocycles. The molecule has 0 bridgehead atoms.